The Labute approximate surface area is 130 Å². The molecule has 0 saturated heterocycles. The molecule has 0 unspecified atom stereocenters. The van der Waals surface area contributed by atoms with E-state index < -0.39 is 0 Å². The van der Waals surface area contributed by atoms with Gasteiger partial charge in [-0.25, -0.2) is 9.97 Å². The van der Waals surface area contributed by atoms with E-state index in [9.17, 15) is 4.79 Å². The average Bonchev–Trinajstić information content (AvgIpc) is 2.92. The quantitative estimate of drug-likeness (QED) is 0.761. The molecular weight excluding hydrogens is 280 g/mol. The first-order valence-corrected chi connectivity index (χ1v) is 7.43. The van der Waals surface area contributed by atoms with Gasteiger partial charge in [0, 0.05) is 24.9 Å². The number of carbonyl (C=O) groups excluding carboxylic acids is 1. The van der Waals surface area contributed by atoms with Crippen LogP contribution < -0.4 is 10.6 Å². The fourth-order valence-corrected chi connectivity index (χ4v) is 1.95. The molecule has 0 aliphatic carbocycles. The fraction of sp³-hybridized carbons (Fsp3) is 0.467. The van der Waals surface area contributed by atoms with Crippen LogP contribution in [0.25, 0.3) is 5.95 Å². The summed E-state index contributed by atoms with van der Waals surface area (Å²) in [5.41, 5.74) is 0.887. The zero-order chi connectivity index (χ0) is 15.9. The number of aromatic nitrogens is 4. The SMILES string of the molecule is CNCCCC(=O)Nc1cc(C(C)C)nn1-c1ncccn1. The molecule has 0 aliphatic rings. The Hall–Kier alpha value is -2.28. The largest absolute Gasteiger partial charge is 0.320 e. The predicted molar refractivity (Wildman–Crippen MR) is 85.0 cm³/mol. The molecule has 0 atom stereocenters. The second-order valence-electron chi connectivity index (χ2n) is 5.33. The van der Waals surface area contributed by atoms with Crippen LogP contribution in [0.5, 0.6) is 0 Å². The van der Waals surface area contributed by atoms with Gasteiger partial charge in [-0.15, -0.1) is 0 Å². The van der Waals surface area contributed by atoms with Crippen molar-refractivity contribution < 1.29 is 4.79 Å². The lowest BCUT2D eigenvalue weighted by Gasteiger charge is -2.07. The molecule has 2 N–H and O–H groups in total. The predicted octanol–water partition coefficient (Wildman–Crippen LogP) is 1.72. The third kappa shape index (κ3) is 4.11. The van der Waals surface area contributed by atoms with Crippen LogP contribution >= 0.6 is 0 Å². The number of anilines is 1. The highest BCUT2D eigenvalue weighted by atomic mass is 16.1. The lowest BCUT2D eigenvalue weighted by molar-refractivity contribution is -0.116. The number of rotatable bonds is 7. The van der Waals surface area contributed by atoms with Crippen LogP contribution in [-0.4, -0.2) is 39.2 Å². The molecule has 2 rings (SSSR count). The zero-order valence-corrected chi connectivity index (χ0v) is 13.2. The summed E-state index contributed by atoms with van der Waals surface area (Å²) in [6.45, 7) is 4.92. The summed E-state index contributed by atoms with van der Waals surface area (Å²) in [5, 5.41) is 10.4. The molecule has 2 heterocycles. The Morgan fingerprint density at radius 2 is 2.05 bits per heavy atom. The van der Waals surface area contributed by atoms with Gasteiger partial charge in [0.15, 0.2) is 0 Å². The monoisotopic (exact) mass is 302 g/mol. The number of hydrogen-bond donors (Lipinski definition) is 2. The van der Waals surface area contributed by atoms with Crippen molar-refractivity contribution in [3.63, 3.8) is 0 Å². The third-order valence-electron chi connectivity index (χ3n) is 3.16. The lowest BCUT2D eigenvalue weighted by atomic mass is 10.1. The molecular formula is C15H22N6O. The van der Waals surface area contributed by atoms with Crippen molar-refractivity contribution >= 4 is 11.7 Å². The van der Waals surface area contributed by atoms with Crippen LogP contribution in [0, 0.1) is 0 Å². The van der Waals surface area contributed by atoms with Crippen LogP contribution in [0.15, 0.2) is 24.5 Å². The Balaban J connectivity index is 2.20. The highest BCUT2D eigenvalue weighted by Crippen LogP contribution is 2.20. The van der Waals surface area contributed by atoms with Crippen molar-refractivity contribution in [2.75, 3.05) is 18.9 Å². The van der Waals surface area contributed by atoms with E-state index in [1.807, 2.05) is 13.1 Å². The van der Waals surface area contributed by atoms with Crippen LogP contribution in [0.4, 0.5) is 5.82 Å². The molecule has 0 aliphatic heterocycles. The number of nitrogens with zero attached hydrogens (tertiary/aromatic N) is 4. The van der Waals surface area contributed by atoms with Crippen molar-refractivity contribution in [1.29, 1.82) is 0 Å². The van der Waals surface area contributed by atoms with Crippen molar-refractivity contribution in [3.8, 4) is 5.95 Å². The van der Waals surface area contributed by atoms with Crippen molar-refractivity contribution in [1.82, 2.24) is 25.1 Å². The Morgan fingerprint density at radius 3 is 2.68 bits per heavy atom. The Bertz CT molecular complexity index is 608. The molecule has 7 nitrogen and oxygen atoms in total. The Morgan fingerprint density at radius 1 is 1.32 bits per heavy atom. The summed E-state index contributed by atoms with van der Waals surface area (Å²) in [5.74, 6) is 1.26. The highest BCUT2D eigenvalue weighted by Gasteiger charge is 2.15. The maximum absolute atomic E-state index is 12.0. The molecule has 1 amide bonds. The van der Waals surface area contributed by atoms with Crippen LogP contribution in [-0.2, 0) is 4.79 Å². The van der Waals surface area contributed by atoms with E-state index in [2.05, 4.69) is 39.5 Å². The molecule has 2 aromatic rings. The van der Waals surface area contributed by atoms with Gasteiger partial charge in [0.1, 0.15) is 5.82 Å². The molecule has 0 radical (unpaired) electrons. The highest BCUT2D eigenvalue weighted by molar-refractivity contribution is 5.90. The second kappa shape index (κ2) is 7.65. The summed E-state index contributed by atoms with van der Waals surface area (Å²) in [6, 6.07) is 3.61. The molecule has 2 aromatic heterocycles. The minimum atomic E-state index is -0.0392. The first kappa shape index (κ1) is 16.1. The zero-order valence-electron chi connectivity index (χ0n) is 13.2. The molecule has 0 aromatic carbocycles. The van der Waals surface area contributed by atoms with Crippen molar-refractivity contribution in [2.45, 2.75) is 32.6 Å². The second-order valence-corrected chi connectivity index (χ2v) is 5.33. The summed E-state index contributed by atoms with van der Waals surface area (Å²) < 4.78 is 1.57. The van der Waals surface area contributed by atoms with E-state index >= 15 is 0 Å². The van der Waals surface area contributed by atoms with E-state index in [-0.39, 0.29) is 11.8 Å². The van der Waals surface area contributed by atoms with Gasteiger partial charge in [-0.3, -0.25) is 4.79 Å². The van der Waals surface area contributed by atoms with E-state index in [1.165, 1.54) is 0 Å². The molecule has 0 bridgehead atoms. The van der Waals surface area contributed by atoms with E-state index in [4.69, 9.17) is 0 Å². The summed E-state index contributed by atoms with van der Waals surface area (Å²) in [7, 11) is 1.87. The number of nitrogens with one attached hydrogen (secondary N) is 2. The van der Waals surface area contributed by atoms with Gasteiger partial charge in [0.2, 0.25) is 5.91 Å². The minimum Gasteiger partial charge on any atom is -0.320 e. The van der Waals surface area contributed by atoms with Gasteiger partial charge < -0.3 is 10.6 Å². The fourth-order valence-electron chi connectivity index (χ4n) is 1.95. The smallest absolute Gasteiger partial charge is 0.252 e. The van der Waals surface area contributed by atoms with Crippen LogP contribution in [0.1, 0.15) is 38.3 Å². The normalized spacial score (nSPS) is 10.9. The lowest BCUT2D eigenvalue weighted by Crippen LogP contribution is -2.17. The topological polar surface area (TPSA) is 84.7 Å². The molecule has 118 valence electrons. The van der Waals surface area contributed by atoms with E-state index in [0.717, 1.165) is 18.7 Å². The van der Waals surface area contributed by atoms with Gasteiger partial charge in [0.05, 0.1) is 5.69 Å². The standard InChI is InChI=1S/C15H22N6O/c1-11(2)12-10-13(19-14(22)6-4-7-16-3)21(20-12)15-17-8-5-9-18-15/h5,8-11,16H,4,6-7H2,1-3H3,(H,19,22). The molecule has 0 saturated carbocycles. The van der Waals surface area contributed by atoms with Gasteiger partial charge in [-0.05, 0) is 32.0 Å². The van der Waals surface area contributed by atoms with Crippen molar-refractivity contribution in [3.05, 3.63) is 30.2 Å². The first-order valence-electron chi connectivity index (χ1n) is 7.43. The summed E-state index contributed by atoms with van der Waals surface area (Å²) in [6.07, 6.45) is 4.54. The summed E-state index contributed by atoms with van der Waals surface area (Å²) >= 11 is 0. The van der Waals surface area contributed by atoms with E-state index in [1.54, 1.807) is 23.1 Å². The van der Waals surface area contributed by atoms with Gasteiger partial charge in [-0.2, -0.15) is 9.78 Å². The van der Waals surface area contributed by atoms with Gasteiger partial charge in [-0.1, -0.05) is 13.8 Å². The number of carbonyl (C=O) groups is 1. The molecule has 0 fully saturated rings. The Kier molecular flexibility index (Phi) is 5.60. The van der Waals surface area contributed by atoms with E-state index in [0.29, 0.717) is 18.2 Å². The first-order chi connectivity index (χ1) is 10.6. The van der Waals surface area contributed by atoms with Crippen LogP contribution in [0.3, 0.4) is 0 Å². The molecule has 7 heteroatoms. The van der Waals surface area contributed by atoms with Crippen LogP contribution in [0.2, 0.25) is 0 Å². The third-order valence-corrected chi connectivity index (χ3v) is 3.16. The van der Waals surface area contributed by atoms with Gasteiger partial charge >= 0.3 is 0 Å². The maximum atomic E-state index is 12.0. The summed E-state index contributed by atoms with van der Waals surface area (Å²) in [4.78, 5) is 20.4. The average molecular weight is 302 g/mol. The molecule has 22 heavy (non-hydrogen) atoms. The van der Waals surface area contributed by atoms with Crippen molar-refractivity contribution in [2.24, 2.45) is 0 Å². The number of amides is 1. The molecule has 0 spiro atoms. The maximum Gasteiger partial charge on any atom is 0.252 e. The number of hydrogen-bond acceptors (Lipinski definition) is 5. The van der Waals surface area contributed by atoms with Gasteiger partial charge in [0.25, 0.3) is 5.95 Å². The minimum absolute atomic E-state index is 0.0392.